The van der Waals surface area contributed by atoms with Crippen LogP contribution in [0.25, 0.3) is 0 Å². The number of ether oxygens (including phenoxy) is 1. The van der Waals surface area contributed by atoms with Crippen molar-refractivity contribution in [2.24, 2.45) is 0 Å². The zero-order chi connectivity index (χ0) is 28.5. The van der Waals surface area contributed by atoms with E-state index in [-0.39, 0.29) is 118 Å². The number of hydrogen-bond acceptors (Lipinski definition) is 3. The van der Waals surface area contributed by atoms with Gasteiger partial charge in [0.25, 0.3) is 0 Å². The van der Waals surface area contributed by atoms with E-state index >= 15 is 0 Å². The summed E-state index contributed by atoms with van der Waals surface area (Å²) in [7, 11) is 0. The molecule has 0 N–H and O–H groups in total. The van der Waals surface area contributed by atoms with E-state index in [0.29, 0.717) is 12.8 Å². The summed E-state index contributed by atoms with van der Waals surface area (Å²) in [6.45, 7) is 4.55. The van der Waals surface area contributed by atoms with E-state index in [1.165, 1.54) is 167 Å². The van der Waals surface area contributed by atoms with Gasteiger partial charge in [-0.25, -0.2) is 0 Å². The molecule has 0 heterocycles. The molecule has 0 amide bonds. The van der Waals surface area contributed by atoms with Crippen LogP contribution in [0.1, 0.15) is 222 Å². The maximum absolute atomic E-state index is 11.9. The topological polar surface area (TPSA) is 43.4 Å². The summed E-state index contributed by atoms with van der Waals surface area (Å²) in [5.41, 5.74) is 0. The molecule has 0 bridgehead atoms. The Labute approximate surface area is 346 Å². The Morgan fingerprint density at radius 3 is 0.707 bits per heavy atom. The second-order valence-corrected chi connectivity index (χ2v) is 12.2. The van der Waals surface area contributed by atoms with Gasteiger partial charge in [0.2, 0.25) is 0 Å². The Bertz CT molecular complexity index is 481. The van der Waals surface area contributed by atoms with Crippen LogP contribution in [0, 0.1) is 0 Å². The summed E-state index contributed by atoms with van der Waals surface area (Å²) in [6.07, 6.45) is 40.1. The molecule has 5 heteroatoms. The molecule has 0 aliphatic carbocycles. The van der Waals surface area contributed by atoms with Crippen molar-refractivity contribution in [2.45, 2.75) is 219 Å². The van der Waals surface area contributed by atoms with Crippen LogP contribution < -0.4 is 103 Å². The molecule has 236 valence electrons. The molecule has 0 aliphatic heterocycles. The minimum absolute atomic E-state index is 0. The van der Waals surface area contributed by atoms with E-state index in [4.69, 9.17) is 4.74 Å². The number of carbonyl (C=O) groups is 2. The Hall–Kier alpha value is 2.41. The summed E-state index contributed by atoms with van der Waals surface area (Å²) in [4.78, 5) is 23.8. The molecule has 0 unspecified atom stereocenters. The number of carbonyl (C=O) groups excluding carboxylic acids is 2. The van der Waals surface area contributed by atoms with Crippen molar-refractivity contribution in [1.82, 2.24) is 0 Å². The zero-order valence-electron chi connectivity index (χ0n) is 30.9. The molecule has 0 aromatic heterocycles. The monoisotopic (exact) mass is 630 g/mol. The van der Waals surface area contributed by atoms with Crippen LogP contribution >= 0.6 is 0 Å². The molecule has 0 aromatic rings. The van der Waals surface area contributed by atoms with E-state index in [9.17, 15) is 9.59 Å². The van der Waals surface area contributed by atoms with Gasteiger partial charge >= 0.3 is 115 Å². The van der Waals surface area contributed by atoms with Crippen LogP contribution in [0.15, 0.2) is 0 Å². The van der Waals surface area contributed by atoms with Gasteiger partial charge in [-0.3, -0.25) is 9.59 Å². The molecule has 0 spiro atoms. The molecule has 3 nitrogen and oxygen atoms in total. The summed E-state index contributed by atoms with van der Waals surface area (Å²) in [5.74, 6) is -0.647. The van der Waals surface area contributed by atoms with Crippen molar-refractivity contribution in [1.29, 1.82) is 0 Å². The van der Waals surface area contributed by atoms with Crippen molar-refractivity contribution in [3.05, 3.63) is 0 Å². The van der Waals surface area contributed by atoms with Crippen molar-refractivity contribution >= 4 is 11.9 Å². The van der Waals surface area contributed by atoms with Crippen LogP contribution in [0.3, 0.4) is 0 Å². The quantitative estimate of drug-likeness (QED) is 0.0355. The molecule has 0 aliphatic rings. The first-order valence-electron chi connectivity index (χ1n) is 17.9. The molecule has 0 rings (SSSR count). The van der Waals surface area contributed by atoms with Crippen molar-refractivity contribution in [3.63, 3.8) is 0 Å². The molecule has 0 fully saturated rings. The van der Waals surface area contributed by atoms with Crippen molar-refractivity contribution in [3.8, 4) is 0 Å². The first-order chi connectivity index (χ1) is 19.2. The fraction of sp³-hybridized carbons (Fsp3) is 0.944. The van der Waals surface area contributed by atoms with E-state index in [1.807, 2.05) is 0 Å². The Morgan fingerprint density at radius 1 is 0.341 bits per heavy atom. The van der Waals surface area contributed by atoms with Gasteiger partial charge < -0.3 is 7.59 Å². The van der Waals surface area contributed by atoms with Gasteiger partial charge in [-0.1, -0.05) is 194 Å². The number of esters is 2. The Kier molecular flexibility index (Phi) is 49.5. The fourth-order valence-electron chi connectivity index (χ4n) is 5.51. The first kappa shape index (κ1) is 47.8. The molecule has 41 heavy (non-hydrogen) atoms. The Balaban J connectivity index is -0.00000120. The maximum Gasteiger partial charge on any atom is 1.00 e. The summed E-state index contributed by atoms with van der Waals surface area (Å²) >= 11 is 0. The molecule has 0 saturated carbocycles. The second-order valence-electron chi connectivity index (χ2n) is 12.2. The molecular weight excluding hydrogens is 559 g/mol. The van der Waals surface area contributed by atoms with E-state index in [2.05, 4.69) is 13.8 Å². The van der Waals surface area contributed by atoms with Gasteiger partial charge in [-0.2, -0.15) is 0 Å². The third-order valence-electron chi connectivity index (χ3n) is 8.20. The Morgan fingerprint density at radius 2 is 0.512 bits per heavy atom. The van der Waals surface area contributed by atoms with Gasteiger partial charge in [0.1, 0.15) is 0 Å². The number of rotatable bonds is 32. The predicted octanol–water partition coefficient (Wildman–Crippen LogP) is 6.81. The van der Waals surface area contributed by atoms with Gasteiger partial charge in [-0.05, 0) is 12.8 Å². The van der Waals surface area contributed by atoms with Crippen molar-refractivity contribution < 1.29 is 120 Å². The fourth-order valence-corrected chi connectivity index (χ4v) is 5.51. The summed E-state index contributed by atoms with van der Waals surface area (Å²) < 4.78 is 5.01. The first-order valence-corrected chi connectivity index (χ1v) is 17.9. The normalized spacial score (nSPS) is 10.7. The van der Waals surface area contributed by atoms with Crippen LogP contribution in [0.5, 0.6) is 0 Å². The average Bonchev–Trinajstić information content (AvgIpc) is 2.93. The maximum atomic E-state index is 11.9. The van der Waals surface area contributed by atoms with Gasteiger partial charge in [0.15, 0.2) is 0 Å². The molecular formula is C36H72K2O3. The van der Waals surface area contributed by atoms with Gasteiger partial charge in [0.05, 0.1) is 0 Å². The second kappa shape index (κ2) is 42.4. The van der Waals surface area contributed by atoms with Crippen LogP contribution in [-0.2, 0) is 14.3 Å². The minimum Gasteiger partial charge on any atom is -1.00 e. The van der Waals surface area contributed by atoms with Crippen molar-refractivity contribution in [2.75, 3.05) is 0 Å². The van der Waals surface area contributed by atoms with Crippen LogP contribution in [0.4, 0.5) is 0 Å². The van der Waals surface area contributed by atoms with E-state index in [0.717, 1.165) is 25.7 Å². The predicted molar refractivity (Wildman–Crippen MR) is 172 cm³/mol. The third kappa shape index (κ3) is 42.4. The number of hydrogen-bond donors (Lipinski definition) is 0. The van der Waals surface area contributed by atoms with E-state index in [1.54, 1.807) is 0 Å². The number of unbranched alkanes of at least 4 members (excludes halogenated alkanes) is 28. The average molecular weight is 631 g/mol. The van der Waals surface area contributed by atoms with Crippen LogP contribution in [-0.4, -0.2) is 11.9 Å². The van der Waals surface area contributed by atoms with Gasteiger partial charge in [0, 0.05) is 12.8 Å². The summed E-state index contributed by atoms with van der Waals surface area (Å²) in [5, 5.41) is 0. The summed E-state index contributed by atoms with van der Waals surface area (Å²) in [6, 6.07) is 0. The largest absolute Gasteiger partial charge is 1.00 e. The third-order valence-corrected chi connectivity index (χ3v) is 8.20. The standard InChI is InChI=1S/C36H70O3.2K.2H/c1-3-5-7-9-11-13-15-17-19-21-23-25-27-29-31-33-35(37)39-36(38)34-32-30-28-26-24-22-20-18-16-14-12-10-8-6-4-2;;;;/h3-34H2,1-2H3;;;;/q;2*+1;2*-1. The molecule has 0 aromatic carbocycles. The molecule has 0 saturated heterocycles. The van der Waals surface area contributed by atoms with Crippen LogP contribution in [0.2, 0.25) is 0 Å². The smallest absolute Gasteiger partial charge is 1.00 e. The van der Waals surface area contributed by atoms with Gasteiger partial charge in [-0.15, -0.1) is 0 Å². The van der Waals surface area contributed by atoms with E-state index < -0.39 is 0 Å². The molecule has 0 radical (unpaired) electrons. The minimum atomic E-state index is -0.323. The zero-order valence-corrected chi connectivity index (χ0v) is 35.1. The molecule has 0 atom stereocenters. The SMILES string of the molecule is CCCCCCCCCCCCCCCCCC(=O)OC(=O)CCCCCCCCCCCCCCCCC.[H-].[H-].[K+].[K+].